The lowest BCUT2D eigenvalue weighted by atomic mass is 10.2. The van der Waals surface area contributed by atoms with Gasteiger partial charge in [-0.05, 0) is 25.1 Å². The second kappa shape index (κ2) is 6.27. The quantitative estimate of drug-likeness (QED) is 0.642. The number of carbonyl (C=O) groups is 1. The molecule has 1 heterocycles. The average molecular weight is 202 g/mol. The fourth-order valence-corrected chi connectivity index (χ4v) is 2.56. The van der Waals surface area contributed by atoms with E-state index in [1.165, 1.54) is 17.9 Å². The summed E-state index contributed by atoms with van der Waals surface area (Å²) in [5, 5.41) is 6.08. The molecule has 1 saturated heterocycles. The molecule has 0 bridgehead atoms. The Kier molecular flexibility index (Phi) is 5.23. The van der Waals surface area contributed by atoms with Crippen molar-refractivity contribution in [2.45, 2.75) is 25.3 Å². The van der Waals surface area contributed by atoms with Gasteiger partial charge in [-0.15, -0.1) is 0 Å². The summed E-state index contributed by atoms with van der Waals surface area (Å²) in [6.45, 7) is 0.971. The Hall–Kier alpha value is -0.220. The van der Waals surface area contributed by atoms with Crippen molar-refractivity contribution in [3.05, 3.63) is 0 Å². The van der Waals surface area contributed by atoms with Gasteiger partial charge in [0.1, 0.15) is 0 Å². The lowest BCUT2D eigenvalue weighted by molar-refractivity contribution is -0.120. The molecule has 1 fully saturated rings. The Morgan fingerprint density at radius 3 is 3.08 bits per heavy atom. The van der Waals surface area contributed by atoms with Crippen molar-refractivity contribution in [3.8, 4) is 0 Å². The van der Waals surface area contributed by atoms with E-state index < -0.39 is 0 Å². The van der Waals surface area contributed by atoms with Crippen LogP contribution < -0.4 is 10.6 Å². The molecule has 1 aliphatic heterocycles. The molecule has 1 aliphatic rings. The number of nitrogens with one attached hydrogen (secondary N) is 2. The van der Waals surface area contributed by atoms with E-state index in [-0.39, 0.29) is 5.91 Å². The molecular formula is C9H18N2OS. The van der Waals surface area contributed by atoms with Crippen molar-refractivity contribution in [2.24, 2.45) is 0 Å². The third-order valence-corrected chi connectivity index (χ3v) is 3.38. The van der Waals surface area contributed by atoms with Gasteiger partial charge < -0.3 is 10.6 Å². The number of hydrogen-bond acceptors (Lipinski definition) is 3. The standard InChI is InChI=1S/C9H18N2OS/c1-10-9(12)3-2-5-11-8-4-6-13-7-8/h8,11H,2-7H2,1H3,(H,10,12). The lowest BCUT2D eigenvalue weighted by Crippen LogP contribution is -2.30. The van der Waals surface area contributed by atoms with Crippen LogP contribution in [0.4, 0.5) is 0 Å². The van der Waals surface area contributed by atoms with Gasteiger partial charge >= 0.3 is 0 Å². The zero-order chi connectivity index (χ0) is 9.52. The minimum Gasteiger partial charge on any atom is -0.359 e. The Bertz CT molecular complexity index is 158. The molecule has 0 aromatic rings. The van der Waals surface area contributed by atoms with Gasteiger partial charge in [-0.2, -0.15) is 11.8 Å². The van der Waals surface area contributed by atoms with Gasteiger partial charge in [0, 0.05) is 25.3 Å². The molecular weight excluding hydrogens is 184 g/mol. The van der Waals surface area contributed by atoms with Crippen LogP contribution in [0.5, 0.6) is 0 Å². The van der Waals surface area contributed by atoms with E-state index in [2.05, 4.69) is 10.6 Å². The van der Waals surface area contributed by atoms with Gasteiger partial charge in [0.25, 0.3) is 0 Å². The summed E-state index contributed by atoms with van der Waals surface area (Å²) in [6.07, 6.45) is 2.87. The smallest absolute Gasteiger partial charge is 0.219 e. The highest BCUT2D eigenvalue weighted by atomic mass is 32.2. The second-order valence-electron chi connectivity index (χ2n) is 3.29. The number of thioether (sulfide) groups is 1. The fourth-order valence-electron chi connectivity index (χ4n) is 1.38. The molecule has 2 N–H and O–H groups in total. The molecule has 76 valence electrons. The maximum atomic E-state index is 10.9. The molecule has 4 heteroatoms. The van der Waals surface area contributed by atoms with Crippen LogP contribution in [0.2, 0.25) is 0 Å². The van der Waals surface area contributed by atoms with Crippen molar-refractivity contribution in [1.29, 1.82) is 0 Å². The molecule has 0 aliphatic carbocycles. The normalized spacial score (nSPS) is 21.8. The van der Waals surface area contributed by atoms with Crippen molar-refractivity contribution in [1.82, 2.24) is 10.6 Å². The highest BCUT2D eigenvalue weighted by Crippen LogP contribution is 2.16. The summed E-state index contributed by atoms with van der Waals surface area (Å²) in [7, 11) is 1.68. The summed E-state index contributed by atoms with van der Waals surface area (Å²) >= 11 is 2.01. The summed E-state index contributed by atoms with van der Waals surface area (Å²) in [5.41, 5.74) is 0. The molecule has 0 aromatic heterocycles. The van der Waals surface area contributed by atoms with Gasteiger partial charge in [-0.25, -0.2) is 0 Å². The van der Waals surface area contributed by atoms with Gasteiger partial charge in [0.2, 0.25) is 5.91 Å². The monoisotopic (exact) mass is 202 g/mol. The van der Waals surface area contributed by atoms with Crippen LogP contribution in [0, 0.1) is 0 Å². The minimum absolute atomic E-state index is 0.141. The van der Waals surface area contributed by atoms with Crippen LogP contribution in [-0.4, -0.2) is 37.0 Å². The first-order valence-corrected chi connectivity index (χ1v) is 6.00. The van der Waals surface area contributed by atoms with E-state index in [1.54, 1.807) is 7.05 Å². The zero-order valence-corrected chi connectivity index (χ0v) is 8.95. The van der Waals surface area contributed by atoms with Gasteiger partial charge in [0.15, 0.2) is 0 Å². The van der Waals surface area contributed by atoms with Crippen molar-refractivity contribution >= 4 is 17.7 Å². The molecule has 1 unspecified atom stereocenters. The topological polar surface area (TPSA) is 41.1 Å². The van der Waals surface area contributed by atoms with Crippen molar-refractivity contribution in [3.63, 3.8) is 0 Å². The molecule has 0 spiro atoms. The molecule has 1 rings (SSSR count). The average Bonchev–Trinajstić information content (AvgIpc) is 2.64. The summed E-state index contributed by atoms with van der Waals surface area (Å²) < 4.78 is 0. The summed E-state index contributed by atoms with van der Waals surface area (Å²) in [6, 6.07) is 0.690. The maximum Gasteiger partial charge on any atom is 0.219 e. The SMILES string of the molecule is CNC(=O)CCCNC1CCSC1. The minimum atomic E-state index is 0.141. The lowest BCUT2D eigenvalue weighted by Gasteiger charge is -2.09. The first-order valence-electron chi connectivity index (χ1n) is 4.84. The van der Waals surface area contributed by atoms with E-state index in [1.807, 2.05) is 11.8 Å². The Balaban J connectivity index is 1.91. The Morgan fingerprint density at radius 2 is 2.46 bits per heavy atom. The van der Waals surface area contributed by atoms with E-state index in [0.717, 1.165) is 13.0 Å². The van der Waals surface area contributed by atoms with Crippen molar-refractivity contribution < 1.29 is 4.79 Å². The van der Waals surface area contributed by atoms with Crippen molar-refractivity contribution in [2.75, 3.05) is 25.1 Å². The first kappa shape index (κ1) is 10.9. The number of hydrogen-bond donors (Lipinski definition) is 2. The van der Waals surface area contributed by atoms with E-state index in [9.17, 15) is 4.79 Å². The van der Waals surface area contributed by atoms with Gasteiger partial charge in [-0.3, -0.25) is 4.79 Å². The first-order chi connectivity index (χ1) is 6.33. The largest absolute Gasteiger partial charge is 0.359 e. The molecule has 0 aromatic carbocycles. The van der Waals surface area contributed by atoms with Crippen LogP contribution in [0.1, 0.15) is 19.3 Å². The van der Waals surface area contributed by atoms with Crippen LogP contribution in [-0.2, 0) is 4.79 Å². The van der Waals surface area contributed by atoms with Crippen LogP contribution >= 0.6 is 11.8 Å². The molecule has 3 nitrogen and oxygen atoms in total. The van der Waals surface area contributed by atoms with Crippen LogP contribution in [0.15, 0.2) is 0 Å². The summed E-state index contributed by atoms with van der Waals surface area (Å²) in [5.74, 6) is 2.66. The molecule has 0 saturated carbocycles. The predicted octanol–water partition coefficient (Wildman–Crippen LogP) is 0.608. The van der Waals surface area contributed by atoms with E-state index in [4.69, 9.17) is 0 Å². The Labute approximate surface area is 84.0 Å². The fraction of sp³-hybridized carbons (Fsp3) is 0.889. The van der Waals surface area contributed by atoms with E-state index >= 15 is 0 Å². The van der Waals surface area contributed by atoms with Crippen LogP contribution in [0.3, 0.4) is 0 Å². The van der Waals surface area contributed by atoms with Gasteiger partial charge in [-0.1, -0.05) is 0 Å². The second-order valence-corrected chi connectivity index (χ2v) is 4.44. The van der Waals surface area contributed by atoms with Crippen LogP contribution in [0.25, 0.3) is 0 Å². The number of amides is 1. The highest BCUT2D eigenvalue weighted by Gasteiger charge is 2.13. The highest BCUT2D eigenvalue weighted by molar-refractivity contribution is 7.99. The third kappa shape index (κ3) is 4.52. The third-order valence-electron chi connectivity index (χ3n) is 2.22. The molecule has 13 heavy (non-hydrogen) atoms. The predicted molar refractivity (Wildman–Crippen MR) is 57.0 cm³/mol. The molecule has 1 atom stereocenters. The maximum absolute atomic E-state index is 10.9. The molecule has 0 radical (unpaired) electrons. The summed E-state index contributed by atoms with van der Waals surface area (Å²) in [4.78, 5) is 10.9. The number of rotatable bonds is 5. The Morgan fingerprint density at radius 1 is 1.62 bits per heavy atom. The molecule has 1 amide bonds. The zero-order valence-electron chi connectivity index (χ0n) is 8.14. The van der Waals surface area contributed by atoms with E-state index in [0.29, 0.717) is 12.5 Å². The van der Waals surface area contributed by atoms with Gasteiger partial charge in [0.05, 0.1) is 0 Å². The number of carbonyl (C=O) groups excluding carboxylic acids is 1.